The Morgan fingerprint density at radius 3 is 2.70 bits per heavy atom. The van der Waals surface area contributed by atoms with E-state index in [1.807, 2.05) is 13.0 Å². The van der Waals surface area contributed by atoms with Gasteiger partial charge in [0.1, 0.15) is 5.41 Å². The van der Waals surface area contributed by atoms with Gasteiger partial charge in [0.05, 0.1) is 11.0 Å². The number of carbonyl (C=O) groups excluding carboxylic acids is 1. The Balaban J connectivity index is 2.15. The van der Waals surface area contributed by atoms with Gasteiger partial charge in [0, 0.05) is 17.8 Å². The first-order chi connectivity index (χ1) is 9.38. The molecule has 1 saturated carbocycles. The van der Waals surface area contributed by atoms with Gasteiger partial charge in [0.25, 0.3) is 0 Å². The number of nitro groups is 1. The average molecular weight is 277 g/mol. The molecular formula is C13H12FN3O3. The van der Waals surface area contributed by atoms with Crippen molar-refractivity contribution in [3.05, 3.63) is 34.1 Å². The molecule has 0 bridgehead atoms. The van der Waals surface area contributed by atoms with Crippen LogP contribution >= 0.6 is 0 Å². The summed E-state index contributed by atoms with van der Waals surface area (Å²) < 4.78 is 13.4. The maximum atomic E-state index is 13.4. The molecule has 1 aliphatic rings. The van der Waals surface area contributed by atoms with Crippen LogP contribution < -0.4 is 5.32 Å². The van der Waals surface area contributed by atoms with Gasteiger partial charge < -0.3 is 5.32 Å². The topological polar surface area (TPSA) is 96.0 Å². The fourth-order valence-corrected chi connectivity index (χ4v) is 2.44. The Kier molecular flexibility index (Phi) is 3.40. The lowest BCUT2D eigenvalue weighted by Crippen LogP contribution is -2.45. The summed E-state index contributed by atoms with van der Waals surface area (Å²) in [6.07, 6.45) is 0.926. The van der Waals surface area contributed by atoms with Crippen LogP contribution in [0.1, 0.15) is 19.8 Å². The highest BCUT2D eigenvalue weighted by molar-refractivity contribution is 5.98. The van der Waals surface area contributed by atoms with Gasteiger partial charge in [-0.2, -0.15) is 9.65 Å². The molecule has 0 aromatic heterocycles. The van der Waals surface area contributed by atoms with Gasteiger partial charge in [-0.25, -0.2) is 0 Å². The second kappa shape index (κ2) is 4.89. The van der Waals surface area contributed by atoms with Gasteiger partial charge in [-0.1, -0.05) is 6.92 Å². The van der Waals surface area contributed by atoms with E-state index in [-0.39, 0.29) is 5.69 Å². The highest BCUT2D eigenvalue weighted by Crippen LogP contribution is 2.45. The Hall–Kier alpha value is -2.49. The number of rotatable bonds is 3. The van der Waals surface area contributed by atoms with Crippen molar-refractivity contribution in [2.24, 2.45) is 11.3 Å². The van der Waals surface area contributed by atoms with Gasteiger partial charge in [-0.15, -0.1) is 0 Å². The summed E-state index contributed by atoms with van der Waals surface area (Å²) in [5.74, 6) is -1.22. The zero-order valence-electron chi connectivity index (χ0n) is 10.7. The van der Waals surface area contributed by atoms with Gasteiger partial charge >= 0.3 is 5.69 Å². The van der Waals surface area contributed by atoms with Crippen molar-refractivity contribution in [3.63, 3.8) is 0 Å². The third kappa shape index (κ3) is 2.32. The molecule has 2 rings (SSSR count). The Bertz CT molecular complexity index is 618. The minimum atomic E-state index is -1.07. The summed E-state index contributed by atoms with van der Waals surface area (Å²) in [5.41, 5.74) is -1.62. The number of hydrogen-bond acceptors (Lipinski definition) is 4. The minimum Gasteiger partial charge on any atom is -0.325 e. The fraction of sp³-hybridized carbons (Fsp3) is 0.385. The SMILES string of the molecule is CC1CC(C#N)(C(=O)Nc2ccc([N+](=O)[O-])c(F)c2)C1. The van der Waals surface area contributed by atoms with Crippen LogP contribution in [0.5, 0.6) is 0 Å². The van der Waals surface area contributed by atoms with Crippen molar-refractivity contribution in [1.29, 1.82) is 5.26 Å². The van der Waals surface area contributed by atoms with E-state index in [1.54, 1.807) is 0 Å². The molecule has 0 atom stereocenters. The van der Waals surface area contributed by atoms with Crippen molar-refractivity contribution in [3.8, 4) is 6.07 Å². The van der Waals surface area contributed by atoms with Crippen LogP contribution in [0.3, 0.4) is 0 Å². The monoisotopic (exact) mass is 277 g/mol. The van der Waals surface area contributed by atoms with Gasteiger partial charge in [-0.3, -0.25) is 14.9 Å². The van der Waals surface area contributed by atoms with Gasteiger partial charge in [-0.05, 0) is 24.8 Å². The number of carbonyl (C=O) groups is 1. The average Bonchev–Trinajstić information content (AvgIpc) is 2.34. The van der Waals surface area contributed by atoms with E-state index < -0.39 is 27.8 Å². The van der Waals surface area contributed by atoms with Crippen molar-refractivity contribution in [2.45, 2.75) is 19.8 Å². The van der Waals surface area contributed by atoms with Crippen LogP contribution in [0, 0.1) is 38.6 Å². The normalized spacial score (nSPS) is 24.4. The second-order valence-corrected chi connectivity index (χ2v) is 5.08. The molecule has 0 saturated heterocycles. The predicted octanol–water partition coefficient (Wildman–Crippen LogP) is 2.61. The largest absolute Gasteiger partial charge is 0.325 e. The van der Waals surface area contributed by atoms with Crippen molar-refractivity contribution < 1.29 is 14.1 Å². The lowest BCUT2D eigenvalue weighted by Gasteiger charge is -2.39. The number of nitro benzene ring substituents is 1. The van der Waals surface area contributed by atoms with Crippen molar-refractivity contribution in [1.82, 2.24) is 0 Å². The summed E-state index contributed by atoms with van der Waals surface area (Å²) in [7, 11) is 0. The first kappa shape index (κ1) is 13.9. The number of nitrogens with one attached hydrogen (secondary N) is 1. The van der Waals surface area contributed by atoms with Crippen molar-refractivity contribution >= 4 is 17.3 Å². The van der Waals surface area contributed by atoms with E-state index in [2.05, 4.69) is 5.32 Å². The molecule has 0 radical (unpaired) electrons. The number of anilines is 1. The number of hydrogen-bond donors (Lipinski definition) is 1. The molecule has 6 nitrogen and oxygen atoms in total. The van der Waals surface area contributed by atoms with Crippen LogP contribution in [0.2, 0.25) is 0 Å². The van der Waals surface area contributed by atoms with Crippen LogP contribution in [0.25, 0.3) is 0 Å². The summed E-state index contributed by atoms with van der Waals surface area (Å²) in [6, 6.07) is 5.10. The highest BCUT2D eigenvalue weighted by Gasteiger charge is 2.49. The van der Waals surface area contributed by atoms with E-state index in [9.17, 15) is 19.3 Å². The maximum absolute atomic E-state index is 13.4. The Morgan fingerprint density at radius 1 is 1.60 bits per heavy atom. The number of nitrogens with zero attached hydrogens (tertiary/aromatic N) is 2. The maximum Gasteiger partial charge on any atom is 0.304 e. The smallest absolute Gasteiger partial charge is 0.304 e. The van der Waals surface area contributed by atoms with E-state index in [0.29, 0.717) is 18.8 Å². The molecule has 1 aliphatic carbocycles. The van der Waals surface area contributed by atoms with E-state index in [1.165, 1.54) is 6.07 Å². The zero-order valence-corrected chi connectivity index (χ0v) is 10.7. The zero-order chi connectivity index (χ0) is 14.9. The van der Waals surface area contributed by atoms with Crippen molar-refractivity contribution in [2.75, 3.05) is 5.32 Å². The molecule has 0 unspecified atom stereocenters. The molecule has 20 heavy (non-hydrogen) atoms. The molecule has 1 aromatic rings. The fourth-order valence-electron chi connectivity index (χ4n) is 2.44. The lowest BCUT2D eigenvalue weighted by molar-refractivity contribution is -0.387. The summed E-state index contributed by atoms with van der Waals surface area (Å²) in [4.78, 5) is 21.7. The number of benzene rings is 1. The molecule has 1 amide bonds. The van der Waals surface area contributed by atoms with E-state index >= 15 is 0 Å². The van der Waals surface area contributed by atoms with Crippen LogP contribution in [-0.2, 0) is 4.79 Å². The molecule has 1 fully saturated rings. The molecule has 0 spiro atoms. The molecular weight excluding hydrogens is 265 g/mol. The molecule has 0 aliphatic heterocycles. The molecule has 7 heteroatoms. The highest BCUT2D eigenvalue weighted by atomic mass is 19.1. The predicted molar refractivity (Wildman–Crippen MR) is 68.1 cm³/mol. The molecule has 1 N–H and O–H groups in total. The van der Waals surface area contributed by atoms with E-state index in [4.69, 9.17) is 5.26 Å². The van der Waals surface area contributed by atoms with Gasteiger partial charge in [0.15, 0.2) is 0 Å². The third-order valence-corrected chi connectivity index (χ3v) is 3.44. The van der Waals surface area contributed by atoms with E-state index in [0.717, 1.165) is 12.1 Å². The van der Waals surface area contributed by atoms with Crippen LogP contribution in [0.15, 0.2) is 18.2 Å². The summed E-state index contributed by atoms with van der Waals surface area (Å²) in [5, 5.41) is 22.0. The lowest BCUT2D eigenvalue weighted by atomic mass is 9.63. The minimum absolute atomic E-state index is 0.104. The second-order valence-electron chi connectivity index (χ2n) is 5.08. The molecule has 1 aromatic carbocycles. The molecule has 104 valence electrons. The first-order valence-electron chi connectivity index (χ1n) is 6.04. The number of halogens is 1. The standard InChI is InChI=1S/C13H12FN3O3/c1-8-5-13(6-8,7-15)12(18)16-9-2-3-11(17(19)20)10(14)4-9/h2-4,8H,5-6H2,1H3,(H,16,18). The number of amides is 1. The molecule has 0 heterocycles. The number of nitriles is 1. The summed E-state index contributed by atoms with van der Waals surface area (Å²) in [6.45, 7) is 1.94. The Labute approximate surface area is 114 Å². The Morgan fingerprint density at radius 2 is 2.25 bits per heavy atom. The quantitative estimate of drug-likeness (QED) is 0.678. The first-order valence-corrected chi connectivity index (χ1v) is 6.04. The van der Waals surface area contributed by atoms with Gasteiger partial charge in [0.2, 0.25) is 11.7 Å². The third-order valence-electron chi connectivity index (χ3n) is 3.44. The van der Waals surface area contributed by atoms with Crippen LogP contribution in [-0.4, -0.2) is 10.8 Å². The van der Waals surface area contributed by atoms with Crippen LogP contribution in [0.4, 0.5) is 15.8 Å². The summed E-state index contributed by atoms with van der Waals surface area (Å²) >= 11 is 0.